The number of amides is 1. The first-order chi connectivity index (χ1) is 15.1. The molecule has 0 aromatic carbocycles. The summed E-state index contributed by atoms with van der Waals surface area (Å²) in [6, 6.07) is 0. The van der Waals surface area contributed by atoms with Crippen LogP contribution in [0.1, 0.15) is 85.0 Å². The highest BCUT2D eigenvalue weighted by atomic mass is 16.4. The summed E-state index contributed by atoms with van der Waals surface area (Å²) in [5.41, 5.74) is 0.330. The first kappa shape index (κ1) is 23.7. The molecule has 0 aromatic heterocycles. The van der Waals surface area contributed by atoms with Crippen molar-refractivity contribution in [2.45, 2.75) is 91.1 Å². The van der Waals surface area contributed by atoms with Crippen molar-refractivity contribution in [3.63, 3.8) is 0 Å². The second kappa shape index (κ2) is 8.73. The van der Waals surface area contributed by atoms with E-state index in [2.05, 4.69) is 26.1 Å². The molecule has 32 heavy (non-hydrogen) atoms. The van der Waals surface area contributed by atoms with E-state index in [1.165, 1.54) is 0 Å². The molecule has 0 aliphatic heterocycles. The topological polar surface area (TPSA) is 104 Å². The monoisotopic (exact) mass is 447 g/mol. The fourth-order valence-corrected chi connectivity index (χ4v) is 8.71. The third kappa shape index (κ3) is 4.01. The van der Waals surface area contributed by atoms with E-state index in [0.717, 1.165) is 51.4 Å². The Morgan fingerprint density at radius 1 is 1.09 bits per heavy atom. The molecule has 0 bridgehead atoms. The van der Waals surface area contributed by atoms with E-state index in [1.54, 1.807) is 0 Å². The molecular formula is C26H41NO5. The number of aliphatic hydroxyl groups excluding tert-OH is 1. The molecule has 0 radical (unpaired) electrons. The number of carboxylic acids is 1. The van der Waals surface area contributed by atoms with E-state index < -0.39 is 5.97 Å². The Kier molecular flexibility index (Phi) is 6.47. The molecule has 4 rings (SSSR count). The number of aliphatic hydroxyl groups is 1. The molecule has 4 fully saturated rings. The maximum absolute atomic E-state index is 13.5. The Bertz CT molecular complexity index is 767. The van der Waals surface area contributed by atoms with Crippen molar-refractivity contribution < 1.29 is 24.6 Å². The van der Waals surface area contributed by atoms with Gasteiger partial charge in [-0.25, -0.2) is 0 Å². The smallest absolute Gasteiger partial charge is 0.322 e. The van der Waals surface area contributed by atoms with Gasteiger partial charge >= 0.3 is 5.97 Å². The second-order valence-corrected chi connectivity index (χ2v) is 12.0. The van der Waals surface area contributed by atoms with Crippen LogP contribution in [0.2, 0.25) is 0 Å². The first-order valence-corrected chi connectivity index (χ1v) is 12.8. The van der Waals surface area contributed by atoms with Crippen LogP contribution in [0.3, 0.4) is 0 Å². The van der Waals surface area contributed by atoms with Gasteiger partial charge in [0.2, 0.25) is 5.91 Å². The van der Waals surface area contributed by atoms with E-state index in [4.69, 9.17) is 5.11 Å². The van der Waals surface area contributed by atoms with Crippen LogP contribution < -0.4 is 5.32 Å². The number of carbonyl (C=O) groups is 3. The summed E-state index contributed by atoms with van der Waals surface area (Å²) in [4.78, 5) is 36.1. The molecule has 4 aliphatic rings. The zero-order valence-electron chi connectivity index (χ0n) is 19.9. The quantitative estimate of drug-likeness (QED) is 0.575. The molecule has 180 valence electrons. The van der Waals surface area contributed by atoms with Crippen molar-refractivity contribution in [1.82, 2.24) is 5.32 Å². The lowest BCUT2D eigenvalue weighted by atomic mass is 9.44. The number of aliphatic carboxylic acids is 1. The molecule has 1 amide bonds. The van der Waals surface area contributed by atoms with Gasteiger partial charge in [-0.3, -0.25) is 14.4 Å². The van der Waals surface area contributed by atoms with E-state index in [0.29, 0.717) is 48.2 Å². The van der Waals surface area contributed by atoms with E-state index in [-0.39, 0.29) is 35.3 Å². The van der Waals surface area contributed by atoms with Crippen LogP contribution in [-0.4, -0.2) is 40.5 Å². The highest BCUT2D eigenvalue weighted by Gasteiger charge is 2.62. The van der Waals surface area contributed by atoms with Crippen LogP contribution in [0, 0.1) is 46.3 Å². The molecule has 3 N–H and O–H groups in total. The minimum absolute atomic E-state index is 0.144. The summed E-state index contributed by atoms with van der Waals surface area (Å²) in [5.74, 6) is 1.52. The second-order valence-electron chi connectivity index (χ2n) is 12.0. The van der Waals surface area contributed by atoms with Gasteiger partial charge in [-0.2, -0.15) is 0 Å². The predicted molar refractivity (Wildman–Crippen MR) is 121 cm³/mol. The summed E-state index contributed by atoms with van der Waals surface area (Å²) >= 11 is 0. The van der Waals surface area contributed by atoms with E-state index in [1.807, 2.05) is 0 Å². The van der Waals surface area contributed by atoms with Gasteiger partial charge in [-0.05, 0) is 91.8 Å². The van der Waals surface area contributed by atoms with Crippen molar-refractivity contribution in [2.24, 2.45) is 46.3 Å². The number of ketones is 1. The van der Waals surface area contributed by atoms with E-state index in [9.17, 15) is 19.5 Å². The lowest BCUT2D eigenvalue weighted by molar-refractivity contribution is -0.160. The minimum atomic E-state index is -1.02. The molecule has 9 atom stereocenters. The first-order valence-electron chi connectivity index (χ1n) is 12.8. The standard InChI is InChI=1S/C26H41NO5/c1-15(4-7-22(30)27-14-23(31)32)18-5-6-19-24-20(9-11-26(18,19)3)25(2)10-8-17(28)12-16(25)13-21(24)29/h15-20,24,28H,4-14H2,1-3H3,(H,27,30)(H,31,32). The summed E-state index contributed by atoms with van der Waals surface area (Å²) in [6.07, 6.45) is 8.71. The minimum Gasteiger partial charge on any atom is -0.480 e. The van der Waals surface area contributed by atoms with Gasteiger partial charge in [0.1, 0.15) is 12.3 Å². The summed E-state index contributed by atoms with van der Waals surface area (Å²) in [7, 11) is 0. The van der Waals surface area contributed by atoms with Crippen molar-refractivity contribution in [3.8, 4) is 0 Å². The number of rotatable bonds is 6. The molecule has 6 nitrogen and oxygen atoms in total. The maximum Gasteiger partial charge on any atom is 0.322 e. The van der Waals surface area contributed by atoms with Crippen LogP contribution in [0.25, 0.3) is 0 Å². The zero-order valence-corrected chi connectivity index (χ0v) is 19.9. The Labute approximate surface area is 191 Å². The molecule has 0 heterocycles. The number of nitrogens with one attached hydrogen (secondary N) is 1. The van der Waals surface area contributed by atoms with Crippen molar-refractivity contribution >= 4 is 17.7 Å². The Morgan fingerprint density at radius 2 is 1.78 bits per heavy atom. The van der Waals surface area contributed by atoms with Crippen LogP contribution in [0.4, 0.5) is 0 Å². The van der Waals surface area contributed by atoms with E-state index >= 15 is 0 Å². The third-order valence-electron chi connectivity index (χ3n) is 10.5. The van der Waals surface area contributed by atoms with Gasteiger partial charge in [-0.1, -0.05) is 20.8 Å². The van der Waals surface area contributed by atoms with Crippen molar-refractivity contribution in [2.75, 3.05) is 6.54 Å². The van der Waals surface area contributed by atoms with Crippen LogP contribution in [0.5, 0.6) is 0 Å². The molecule has 6 heteroatoms. The van der Waals surface area contributed by atoms with Gasteiger partial charge in [0.05, 0.1) is 6.10 Å². The van der Waals surface area contributed by atoms with Crippen molar-refractivity contribution in [3.05, 3.63) is 0 Å². The number of hydrogen-bond acceptors (Lipinski definition) is 4. The fraction of sp³-hybridized carbons (Fsp3) is 0.885. The molecule has 4 aliphatic carbocycles. The molecular weight excluding hydrogens is 406 g/mol. The average molecular weight is 448 g/mol. The van der Waals surface area contributed by atoms with Crippen LogP contribution in [0.15, 0.2) is 0 Å². The normalized spacial score (nSPS) is 44.2. The molecule has 4 saturated carbocycles. The van der Waals surface area contributed by atoms with Crippen molar-refractivity contribution in [1.29, 1.82) is 0 Å². The van der Waals surface area contributed by atoms with Gasteiger partial charge in [-0.15, -0.1) is 0 Å². The van der Waals surface area contributed by atoms with Gasteiger partial charge < -0.3 is 15.5 Å². The number of fused-ring (bicyclic) bond motifs is 5. The Balaban J connectivity index is 1.44. The summed E-state index contributed by atoms with van der Waals surface area (Å²) in [5, 5.41) is 21.4. The van der Waals surface area contributed by atoms with Gasteiger partial charge in [0, 0.05) is 18.8 Å². The average Bonchev–Trinajstić information content (AvgIpc) is 3.09. The molecule has 0 spiro atoms. The molecule has 9 unspecified atom stereocenters. The van der Waals surface area contributed by atoms with Gasteiger partial charge in [0.25, 0.3) is 0 Å². The third-order valence-corrected chi connectivity index (χ3v) is 10.5. The highest BCUT2D eigenvalue weighted by molar-refractivity contribution is 5.83. The lowest BCUT2D eigenvalue weighted by Gasteiger charge is -2.60. The number of carboxylic acid groups (broad SMARTS) is 1. The Hall–Kier alpha value is -1.43. The summed E-state index contributed by atoms with van der Waals surface area (Å²) in [6.45, 7) is 6.72. The van der Waals surface area contributed by atoms with Crippen LogP contribution >= 0.6 is 0 Å². The maximum atomic E-state index is 13.5. The highest BCUT2D eigenvalue weighted by Crippen LogP contribution is 2.67. The number of Topliss-reactive ketones (excluding diaryl/α,β-unsaturated/α-hetero) is 1. The molecule has 0 saturated heterocycles. The summed E-state index contributed by atoms with van der Waals surface area (Å²) < 4.78 is 0. The fourth-order valence-electron chi connectivity index (χ4n) is 8.71. The lowest BCUT2D eigenvalue weighted by Crippen LogP contribution is -2.57. The van der Waals surface area contributed by atoms with Gasteiger partial charge in [0.15, 0.2) is 0 Å². The zero-order chi connectivity index (χ0) is 23.3. The SMILES string of the molecule is CC(CCC(=O)NCC(=O)O)C1CCC2C3C(=O)CC4CC(O)CCC4(C)C3CCC12C. The number of hydrogen-bond donors (Lipinski definition) is 3. The van der Waals surface area contributed by atoms with Crippen LogP contribution in [-0.2, 0) is 14.4 Å². The largest absolute Gasteiger partial charge is 0.480 e. The Morgan fingerprint density at radius 3 is 2.50 bits per heavy atom. The number of carbonyl (C=O) groups excluding carboxylic acids is 2. The molecule has 0 aromatic rings. The predicted octanol–water partition coefficient (Wildman–Crippen LogP) is 3.80.